The minimum absolute atomic E-state index is 0.411. The Hall–Kier alpha value is -1.12. The van der Waals surface area contributed by atoms with Crippen LogP contribution in [0.4, 0.5) is 0 Å². The highest BCUT2D eigenvalue weighted by molar-refractivity contribution is 5.41. The molecular formula is C28H44O2. The van der Waals surface area contributed by atoms with Gasteiger partial charge in [0.05, 0.1) is 11.7 Å². The van der Waals surface area contributed by atoms with E-state index in [-0.39, 0.29) is 0 Å². The van der Waals surface area contributed by atoms with Crippen LogP contribution in [-0.4, -0.2) is 21.9 Å². The third-order valence-corrected chi connectivity index (χ3v) is 8.45. The molecule has 0 aromatic heterocycles. The molecule has 3 aliphatic rings. The van der Waals surface area contributed by atoms with Gasteiger partial charge in [-0.1, -0.05) is 57.6 Å². The summed E-state index contributed by atoms with van der Waals surface area (Å²) in [5.41, 5.74) is 4.70. The Labute approximate surface area is 184 Å². The molecule has 0 radical (unpaired) electrons. The molecule has 0 bridgehead atoms. The van der Waals surface area contributed by atoms with E-state index in [1.807, 2.05) is 13.8 Å². The molecule has 0 aliphatic heterocycles. The molecule has 0 aromatic rings. The lowest BCUT2D eigenvalue weighted by atomic mass is 9.60. The van der Waals surface area contributed by atoms with Crippen molar-refractivity contribution in [2.75, 3.05) is 0 Å². The number of allylic oxidation sites excluding steroid dienone is 4. The molecule has 5 atom stereocenters. The van der Waals surface area contributed by atoms with Crippen LogP contribution < -0.4 is 0 Å². The first kappa shape index (κ1) is 23.5. The van der Waals surface area contributed by atoms with Crippen molar-refractivity contribution >= 4 is 0 Å². The second-order valence-corrected chi connectivity index (χ2v) is 11.4. The van der Waals surface area contributed by atoms with E-state index in [2.05, 4.69) is 39.2 Å². The number of rotatable bonds is 6. The molecule has 2 nitrogen and oxygen atoms in total. The zero-order valence-corrected chi connectivity index (χ0v) is 19.8. The van der Waals surface area contributed by atoms with Crippen LogP contribution in [0.25, 0.3) is 0 Å². The minimum atomic E-state index is -0.543. The summed E-state index contributed by atoms with van der Waals surface area (Å²) >= 11 is 0. The van der Waals surface area contributed by atoms with Gasteiger partial charge in [-0.25, -0.2) is 0 Å². The largest absolute Gasteiger partial charge is 0.390 e. The molecule has 3 saturated carbocycles. The maximum absolute atomic E-state index is 10.2. The van der Waals surface area contributed by atoms with E-state index >= 15 is 0 Å². The molecule has 2 N–H and O–H groups in total. The predicted molar refractivity (Wildman–Crippen MR) is 127 cm³/mol. The Kier molecular flexibility index (Phi) is 7.19. The van der Waals surface area contributed by atoms with Gasteiger partial charge in [-0.2, -0.15) is 0 Å². The lowest BCUT2D eigenvalue weighted by molar-refractivity contribution is 0.0596. The first-order chi connectivity index (χ1) is 14.0. The van der Waals surface area contributed by atoms with Crippen LogP contribution in [0.5, 0.6) is 0 Å². The summed E-state index contributed by atoms with van der Waals surface area (Å²) in [5.74, 6) is 2.20. The average molecular weight is 413 g/mol. The molecule has 3 aliphatic carbocycles. The van der Waals surface area contributed by atoms with Gasteiger partial charge in [-0.15, -0.1) is 0 Å². The van der Waals surface area contributed by atoms with Crippen LogP contribution >= 0.6 is 0 Å². The van der Waals surface area contributed by atoms with Crippen molar-refractivity contribution < 1.29 is 10.2 Å². The van der Waals surface area contributed by atoms with Gasteiger partial charge >= 0.3 is 0 Å². The summed E-state index contributed by atoms with van der Waals surface area (Å²) in [4.78, 5) is 0. The standard InChI is InChI=1S/C28H44O2/c1-19(9-7-15-27(4,5)30)24-13-14-25-22(10-8-16-28(24,25)6)11-12-23-18-26(29)21(3)17-20(23)2/h11-12,19,24-26,29-30H,2-3,7-10,13-18H2,1,4-6H3/b22-11+,23-12-/t19?,24-,25+,26-,28-/m1/s1. The van der Waals surface area contributed by atoms with Crippen molar-refractivity contribution in [2.45, 2.75) is 104 Å². The molecule has 0 saturated heterocycles. The summed E-state index contributed by atoms with van der Waals surface area (Å²) < 4.78 is 0. The van der Waals surface area contributed by atoms with E-state index in [4.69, 9.17) is 0 Å². The highest BCUT2D eigenvalue weighted by atomic mass is 16.3. The monoisotopic (exact) mass is 412 g/mol. The molecule has 0 aromatic carbocycles. The van der Waals surface area contributed by atoms with Crippen LogP contribution in [0.1, 0.15) is 91.9 Å². The summed E-state index contributed by atoms with van der Waals surface area (Å²) in [6, 6.07) is 0. The minimum Gasteiger partial charge on any atom is -0.390 e. The average Bonchev–Trinajstić information content (AvgIpc) is 3.00. The topological polar surface area (TPSA) is 40.5 Å². The van der Waals surface area contributed by atoms with Gasteiger partial charge in [-0.3, -0.25) is 0 Å². The molecule has 30 heavy (non-hydrogen) atoms. The van der Waals surface area contributed by atoms with Crippen molar-refractivity contribution in [3.8, 4) is 0 Å². The third-order valence-electron chi connectivity index (χ3n) is 8.45. The van der Waals surface area contributed by atoms with Gasteiger partial charge in [0.2, 0.25) is 0 Å². The van der Waals surface area contributed by atoms with Crippen LogP contribution in [-0.2, 0) is 0 Å². The summed E-state index contributed by atoms with van der Waals surface area (Å²) in [6.07, 6.45) is 15.3. The van der Waals surface area contributed by atoms with Gasteiger partial charge in [0, 0.05) is 6.42 Å². The number of hydrogen-bond donors (Lipinski definition) is 2. The smallest absolute Gasteiger partial charge is 0.0791 e. The normalized spacial score (nSPS) is 36.4. The van der Waals surface area contributed by atoms with E-state index in [0.29, 0.717) is 17.8 Å². The van der Waals surface area contributed by atoms with Gasteiger partial charge in [-0.05, 0) is 98.7 Å². The Morgan fingerprint density at radius 3 is 2.67 bits per heavy atom. The fraction of sp³-hybridized carbons (Fsp3) is 0.714. The Balaban J connectivity index is 1.69. The van der Waals surface area contributed by atoms with E-state index in [1.165, 1.54) is 44.1 Å². The van der Waals surface area contributed by atoms with Crippen LogP contribution in [0.3, 0.4) is 0 Å². The zero-order valence-electron chi connectivity index (χ0n) is 19.8. The van der Waals surface area contributed by atoms with Crippen LogP contribution in [0, 0.1) is 23.2 Å². The third kappa shape index (κ3) is 5.19. The van der Waals surface area contributed by atoms with E-state index in [9.17, 15) is 10.2 Å². The van der Waals surface area contributed by atoms with Crippen molar-refractivity contribution in [1.82, 2.24) is 0 Å². The van der Waals surface area contributed by atoms with Crippen LogP contribution in [0.15, 0.2) is 47.6 Å². The van der Waals surface area contributed by atoms with Gasteiger partial charge in [0.25, 0.3) is 0 Å². The molecule has 3 rings (SSSR count). The predicted octanol–water partition coefficient (Wildman–Crippen LogP) is 6.90. The second-order valence-electron chi connectivity index (χ2n) is 11.4. The number of aliphatic hydroxyl groups is 2. The van der Waals surface area contributed by atoms with E-state index < -0.39 is 11.7 Å². The molecule has 2 heteroatoms. The lowest BCUT2D eigenvalue weighted by Crippen LogP contribution is -2.36. The molecule has 1 unspecified atom stereocenters. The molecule has 0 heterocycles. The molecule has 168 valence electrons. The summed E-state index contributed by atoms with van der Waals surface area (Å²) in [7, 11) is 0. The number of hydrogen-bond acceptors (Lipinski definition) is 2. The summed E-state index contributed by atoms with van der Waals surface area (Å²) in [6.45, 7) is 17.0. The Morgan fingerprint density at radius 2 is 1.97 bits per heavy atom. The van der Waals surface area contributed by atoms with Crippen LogP contribution in [0.2, 0.25) is 0 Å². The van der Waals surface area contributed by atoms with Crippen molar-refractivity contribution in [1.29, 1.82) is 0 Å². The molecule has 0 amide bonds. The highest BCUT2D eigenvalue weighted by Crippen LogP contribution is 2.60. The molecule has 0 spiro atoms. The number of fused-ring (bicyclic) bond motifs is 1. The van der Waals surface area contributed by atoms with Gasteiger partial charge in [0.1, 0.15) is 0 Å². The maximum atomic E-state index is 10.2. The van der Waals surface area contributed by atoms with Crippen molar-refractivity contribution in [3.05, 3.63) is 47.6 Å². The maximum Gasteiger partial charge on any atom is 0.0791 e. The van der Waals surface area contributed by atoms with Gasteiger partial charge < -0.3 is 10.2 Å². The van der Waals surface area contributed by atoms with E-state index in [0.717, 1.165) is 42.2 Å². The zero-order chi connectivity index (χ0) is 22.1. The van der Waals surface area contributed by atoms with E-state index in [1.54, 1.807) is 5.57 Å². The molecule has 3 fully saturated rings. The van der Waals surface area contributed by atoms with Crippen molar-refractivity contribution in [2.24, 2.45) is 23.2 Å². The lowest BCUT2D eigenvalue weighted by Gasteiger charge is -2.44. The number of aliphatic hydroxyl groups excluding tert-OH is 1. The van der Waals surface area contributed by atoms with Gasteiger partial charge in [0.15, 0.2) is 0 Å². The molecular weight excluding hydrogens is 368 g/mol. The second kappa shape index (κ2) is 9.17. The SMILES string of the molecule is C=C1CC(=C)[C@H](O)C/C1=C/C=C1\CCC[C@]2(C)[C@@H](C(C)CCCC(C)(C)O)CC[C@@H]12. The van der Waals surface area contributed by atoms with Crippen molar-refractivity contribution in [3.63, 3.8) is 0 Å². The fourth-order valence-electron chi connectivity index (χ4n) is 6.67. The Morgan fingerprint density at radius 1 is 1.23 bits per heavy atom. The quantitative estimate of drug-likeness (QED) is 0.466. The first-order valence-corrected chi connectivity index (χ1v) is 12.2. The first-order valence-electron chi connectivity index (χ1n) is 12.2. The summed E-state index contributed by atoms with van der Waals surface area (Å²) in [5, 5.41) is 20.2. The fourth-order valence-corrected chi connectivity index (χ4v) is 6.67. The Bertz CT molecular complexity index is 719. The highest BCUT2D eigenvalue weighted by Gasteiger charge is 2.50.